The molecule has 0 aromatic heterocycles. The maximum absolute atomic E-state index is 10.0. The van der Waals surface area contributed by atoms with Gasteiger partial charge in [-0.25, -0.2) is 0 Å². The lowest BCUT2D eigenvalue weighted by molar-refractivity contribution is 0.208. The third-order valence-electron chi connectivity index (χ3n) is 4.71. The first-order chi connectivity index (χ1) is 11.4. The molecule has 0 spiro atoms. The van der Waals surface area contributed by atoms with E-state index in [4.69, 9.17) is 11.6 Å². The first kappa shape index (κ1) is 16.7. The third kappa shape index (κ3) is 2.72. The molecule has 4 nitrogen and oxygen atoms in total. The van der Waals surface area contributed by atoms with Gasteiger partial charge in [-0.05, 0) is 41.8 Å². The number of hydrogen-bond donors (Lipinski definition) is 3. The van der Waals surface area contributed by atoms with Gasteiger partial charge in [0.25, 0.3) is 0 Å². The third-order valence-corrected chi connectivity index (χ3v) is 5.09. The van der Waals surface area contributed by atoms with Crippen molar-refractivity contribution < 1.29 is 15.3 Å². The standard InChI is InChI=1S/C19H20ClNO3/c1-3-8-21-10-15(12-4-6-13(22)7-5-12)14-9-16(23)19(24)18(20)17(14)11(21)2/h3-7,9,11,15,22-24H,1,8,10H2,2H3. The fraction of sp³-hybridized carbons (Fsp3) is 0.263. The highest BCUT2D eigenvalue weighted by Gasteiger charge is 2.34. The number of phenolic OH excluding ortho intramolecular Hbond substituents is 3. The number of rotatable bonds is 3. The minimum absolute atomic E-state index is 0.00892. The van der Waals surface area contributed by atoms with Gasteiger partial charge in [-0.15, -0.1) is 6.58 Å². The normalized spacial score (nSPS) is 20.6. The number of nitrogens with zero attached hydrogens (tertiary/aromatic N) is 1. The van der Waals surface area contributed by atoms with E-state index in [9.17, 15) is 15.3 Å². The second kappa shape index (κ2) is 6.38. The van der Waals surface area contributed by atoms with Crippen molar-refractivity contribution in [1.82, 2.24) is 4.90 Å². The molecule has 0 radical (unpaired) electrons. The van der Waals surface area contributed by atoms with Crippen LogP contribution in [0.2, 0.25) is 5.02 Å². The molecule has 2 aromatic carbocycles. The number of fused-ring (bicyclic) bond motifs is 1. The molecule has 2 unspecified atom stereocenters. The zero-order valence-corrected chi connectivity index (χ0v) is 14.2. The Labute approximate surface area is 146 Å². The van der Waals surface area contributed by atoms with Crippen LogP contribution in [0.3, 0.4) is 0 Å². The van der Waals surface area contributed by atoms with E-state index in [2.05, 4.69) is 11.5 Å². The van der Waals surface area contributed by atoms with Crippen LogP contribution in [0.15, 0.2) is 43.0 Å². The van der Waals surface area contributed by atoms with Crippen molar-refractivity contribution in [2.45, 2.75) is 18.9 Å². The number of hydrogen-bond acceptors (Lipinski definition) is 4. The summed E-state index contributed by atoms with van der Waals surface area (Å²) in [5.41, 5.74) is 2.73. The molecule has 1 aliphatic heterocycles. The second-order valence-corrected chi connectivity index (χ2v) is 6.50. The van der Waals surface area contributed by atoms with Crippen LogP contribution in [0.4, 0.5) is 0 Å². The maximum atomic E-state index is 10.0. The van der Waals surface area contributed by atoms with Crippen LogP contribution in [0.5, 0.6) is 17.2 Å². The Morgan fingerprint density at radius 1 is 1.25 bits per heavy atom. The zero-order chi connectivity index (χ0) is 17.4. The van der Waals surface area contributed by atoms with E-state index in [0.29, 0.717) is 6.54 Å². The molecule has 24 heavy (non-hydrogen) atoms. The molecule has 2 aromatic rings. The second-order valence-electron chi connectivity index (χ2n) is 6.12. The minimum Gasteiger partial charge on any atom is -0.508 e. The minimum atomic E-state index is -0.285. The molecule has 126 valence electrons. The van der Waals surface area contributed by atoms with Gasteiger partial charge in [-0.3, -0.25) is 4.90 Å². The van der Waals surface area contributed by atoms with Crippen molar-refractivity contribution in [1.29, 1.82) is 0 Å². The highest BCUT2D eigenvalue weighted by Crippen LogP contribution is 2.48. The Hall–Kier alpha value is -2.17. The number of halogens is 1. The fourth-order valence-corrected chi connectivity index (χ4v) is 3.80. The lowest BCUT2D eigenvalue weighted by Crippen LogP contribution is -2.37. The Balaban J connectivity index is 2.18. The van der Waals surface area contributed by atoms with Crippen molar-refractivity contribution in [2.75, 3.05) is 13.1 Å². The fourth-order valence-electron chi connectivity index (χ4n) is 3.44. The molecular weight excluding hydrogens is 326 g/mol. The van der Waals surface area contributed by atoms with Gasteiger partial charge in [-0.1, -0.05) is 29.8 Å². The molecule has 5 heteroatoms. The van der Waals surface area contributed by atoms with E-state index >= 15 is 0 Å². The van der Waals surface area contributed by atoms with Crippen LogP contribution in [0, 0.1) is 0 Å². The van der Waals surface area contributed by atoms with Crippen molar-refractivity contribution >= 4 is 11.6 Å². The van der Waals surface area contributed by atoms with Gasteiger partial charge >= 0.3 is 0 Å². The summed E-state index contributed by atoms with van der Waals surface area (Å²) in [5.74, 6) is -0.322. The monoisotopic (exact) mass is 345 g/mol. The summed E-state index contributed by atoms with van der Waals surface area (Å²) in [6.45, 7) is 7.25. The van der Waals surface area contributed by atoms with Crippen molar-refractivity contribution in [2.24, 2.45) is 0 Å². The molecular formula is C19H20ClNO3. The van der Waals surface area contributed by atoms with Gasteiger partial charge in [0.05, 0.1) is 5.02 Å². The molecule has 0 fully saturated rings. The van der Waals surface area contributed by atoms with Crippen molar-refractivity contribution in [3.63, 3.8) is 0 Å². The van der Waals surface area contributed by atoms with Crippen LogP contribution in [0.1, 0.15) is 35.6 Å². The van der Waals surface area contributed by atoms with E-state index < -0.39 is 0 Å². The number of aromatic hydroxyl groups is 3. The molecule has 1 aliphatic rings. The molecule has 0 saturated carbocycles. The molecule has 0 amide bonds. The van der Waals surface area contributed by atoms with Gasteiger partial charge in [0, 0.05) is 25.0 Å². The van der Waals surface area contributed by atoms with Crippen LogP contribution >= 0.6 is 11.6 Å². The van der Waals surface area contributed by atoms with E-state index in [0.717, 1.165) is 23.2 Å². The summed E-state index contributed by atoms with van der Waals surface area (Å²) in [6, 6.07) is 8.60. The summed E-state index contributed by atoms with van der Waals surface area (Å²) in [6.07, 6.45) is 1.84. The summed E-state index contributed by atoms with van der Waals surface area (Å²) in [7, 11) is 0. The first-order valence-corrected chi connectivity index (χ1v) is 8.20. The summed E-state index contributed by atoms with van der Waals surface area (Å²) in [4.78, 5) is 2.22. The summed E-state index contributed by atoms with van der Waals surface area (Å²) >= 11 is 6.35. The Bertz CT molecular complexity index is 773. The van der Waals surface area contributed by atoms with Gasteiger partial charge in [0.1, 0.15) is 5.75 Å². The van der Waals surface area contributed by atoms with Crippen LogP contribution in [0.25, 0.3) is 0 Å². The average molecular weight is 346 g/mol. The van der Waals surface area contributed by atoms with Gasteiger partial charge in [0.15, 0.2) is 11.5 Å². The highest BCUT2D eigenvalue weighted by molar-refractivity contribution is 6.33. The SMILES string of the molecule is C=CCN1CC(c2ccc(O)cc2)c2cc(O)c(O)c(Cl)c2C1C. The smallest absolute Gasteiger partial charge is 0.176 e. The lowest BCUT2D eigenvalue weighted by Gasteiger charge is -2.40. The van der Waals surface area contributed by atoms with Crippen LogP contribution in [-0.4, -0.2) is 33.3 Å². The predicted molar refractivity (Wildman–Crippen MR) is 94.9 cm³/mol. The first-order valence-electron chi connectivity index (χ1n) is 7.82. The van der Waals surface area contributed by atoms with Crippen molar-refractivity contribution in [3.05, 3.63) is 64.7 Å². The van der Waals surface area contributed by atoms with Gasteiger partial charge in [0.2, 0.25) is 0 Å². The molecule has 0 aliphatic carbocycles. The summed E-state index contributed by atoms with van der Waals surface area (Å²) < 4.78 is 0. The van der Waals surface area contributed by atoms with E-state index in [1.807, 2.05) is 25.1 Å². The number of benzene rings is 2. The molecule has 3 N–H and O–H groups in total. The molecule has 0 saturated heterocycles. The molecule has 3 rings (SSSR count). The highest BCUT2D eigenvalue weighted by atomic mass is 35.5. The molecule has 1 heterocycles. The molecule has 2 atom stereocenters. The predicted octanol–water partition coefficient (Wildman–Crippen LogP) is 4.15. The van der Waals surface area contributed by atoms with E-state index in [1.165, 1.54) is 0 Å². The lowest BCUT2D eigenvalue weighted by atomic mass is 9.81. The molecule has 0 bridgehead atoms. The quantitative estimate of drug-likeness (QED) is 0.577. The van der Waals surface area contributed by atoms with Gasteiger partial charge in [-0.2, -0.15) is 0 Å². The largest absolute Gasteiger partial charge is 0.508 e. The van der Waals surface area contributed by atoms with Gasteiger partial charge < -0.3 is 15.3 Å². The van der Waals surface area contributed by atoms with E-state index in [-0.39, 0.29) is 34.2 Å². The Morgan fingerprint density at radius 2 is 1.92 bits per heavy atom. The maximum Gasteiger partial charge on any atom is 0.176 e. The number of phenols is 3. The topological polar surface area (TPSA) is 63.9 Å². The van der Waals surface area contributed by atoms with E-state index in [1.54, 1.807) is 18.2 Å². The van der Waals surface area contributed by atoms with Crippen LogP contribution in [-0.2, 0) is 0 Å². The Kier molecular flexibility index (Phi) is 4.43. The zero-order valence-electron chi connectivity index (χ0n) is 13.4. The summed E-state index contributed by atoms with van der Waals surface area (Å²) in [5, 5.41) is 29.8. The average Bonchev–Trinajstić information content (AvgIpc) is 2.56. The van der Waals surface area contributed by atoms with Crippen molar-refractivity contribution in [3.8, 4) is 17.2 Å². The Morgan fingerprint density at radius 3 is 2.54 bits per heavy atom. The van der Waals surface area contributed by atoms with Crippen LogP contribution < -0.4 is 0 Å².